The van der Waals surface area contributed by atoms with Gasteiger partial charge in [0, 0.05) is 30.2 Å². The molecular formula is C21H26N4O2S. The average molecular weight is 399 g/mol. The molecule has 1 saturated carbocycles. The quantitative estimate of drug-likeness (QED) is 0.595. The third-order valence-electron chi connectivity index (χ3n) is 5.74. The number of aryl methyl sites for hydroxylation is 1. The van der Waals surface area contributed by atoms with E-state index in [0.717, 1.165) is 5.69 Å². The van der Waals surface area contributed by atoms with E-state index in [1.54, 1.807) is 0 Å². The lowest BCUT2D eigenvalue weighted by molar-refractivity contribution is -0.140. The van der Waals surface area contributed by atoms with Gasteiger partial charge in [-0.1, -0.05) is 6.07 Å². The molecule has 1 saturated heterocycles. The largest absolute Gasteiger partial charge is 0.469 e. The molecule has 2 aromatic rings. The summed E-state index contributed by atoms with van der Waals surface area (Å²) < 4.78 is 7.29. The molecule has 0 radical (unpaired) electrons. The van der Waals surface area contributed by atoms with Gasteiger partial charge in [-0.15, -0.1) is 0 Å². The van der Waals surface area contributed by atoms with E-state index < -0.39 is 0 Å². The van der Waals surface area contributed by atoms with Gasteiger partial charge in [-0.2, -0.15) is 0 Å². The number of esters is 1. The lowest BCUT2D eigenvalue weighted by atomic mass is 9.96. The summed E-state index contributed by atoms with van der Waals surface area (Å²) in [6, 6.07) is 8.76. The Morgan fingerprint density at radius 3 is 2.79 bits per heavy atom. The molecule has 2 aliphatic rings. The first-order valence-corrected chi connectivity index (χ1v) is 10.1. The van der Waals surface area contributed by atoms with E-state index in [1.165, 1.54) is 36.9 Å². The van der Waals surface area contributed by atoms with Crippen molar-refractivity contribution in [2.75, 3.05) is 13.7 Å². The van der Waals surface area contributed by atoms with Gasteiger partial charge in [-0.3, -0.25) is 9.78 Å². The van der Waals surface area contributed by atoms with Crippen LogP contribution in [0.1, 0.15) is 60.0 Å². The number of hydrogen-bond acceptors (Lipinski definition) is 4. The van der Waals surface area contributed by atoms with E-state index in [0.29, 0.717) is 24.1 Å². The Bertz CT molecular complexity index is 891. The summed E-state index contributed by atoms with van der Waals surface area (Å²) in [6.45, 7) is 4.87. The summed E-state index contributed by atoms with van der Waals surface area (Å²) in [5, 5.41) is 4.10. The molecule has 0 bridgehead atoms. The highest BCUT2D eigenvalue weighted by Gasteiger charge is 2.42. The second kappa shape index (κ2) is 7.54. The van der Waals surface area contributed by atoms with Gasteiger partial charge in [0.05, 0.1) is 31.3 Å². The van der Waals surface area contributed by atoms with Crippen LogP contribution in [0.5, 0.6) is 0 Å². The zero-order valence-corrected chi connectivity index (χ0v) is 17.3. The van der Waals surface area contributed by atoms with Crippen molar-refractivity contribution in [3.63, 3.8) is 0 Å². The molecule has 3 heterocycles. The fourth-order valence-corrected chi connectivity index (χ4v) is 4.63. The highest BCUT2D eigenvalue weighted by Crippen LogP contribution is 2.44. The maximum atomic E-state index is 11.8. The Hall–Kier alpha value is -2.41. The zero-order valence-electron chi connectivity index (χ0n) is 16.5. The second-order valence-electron chi connectivity index (χ2n) is 7.57. The Morgan fingerprint density at radius 2 is 2.14 bits per heavy atom. The van der Waals surface area contributed by atoms with Crippen molar-refractivity contribution in [1.82, 2.24) is 19.8 Å². The molecule has 0 aromatic carbocycles. The van der Waals surface area contributed by atoms with Crippen molar-refractivity contribution in [2.45, 2.75) is 51.2 Å². The number of rotatable bonds is 6. The standard InChI is InChI=1S/C21H26N4O2S/c1-13-12-16(14(2)25(13)15-7-8-15)20-19(17-6-4-5-10-22-17)23-21(28)24(20)11-9-18(26)27-3/h4-6,10,12,15,19-20H,7-9,11H2,1-3H3,(H,23,28)/t19-,20+/m0/s1. The molecule has 28 heavy (non-hydrogen) atoms. The molecule has 2 atom stereocenters. The number of thiocarbonyl (C=S) groups is 1. The number of ether oxygens (including phenoxy) is 1. The van der Waals surface area contributed by atoms with Gasteiger partial charge in [0.1, 0.15) is 0 Å². The van der Waals surface area contributed by atoms with E-state index in [1.807, 2.05) is 24.4 Å². The van der Waals surface area contributed by atoms with Crippen LogP contribution < -0.4 is 5.32 Å². The maximum absolute atomic E-state index is 11.8. The zero-order chi connectivity index (χ0) is 19.8. The predicted octanol–water partition coefficient (Wildman–Crippen LogP) is 3.37. The lowest BCUT2D eigenvalue weighted by Gasteiger charge is -2.28. The number of pyridine rings is 1. The first-order valence-electron chi connectivity index (χ1n) is 9.74. The molecule has 1 aliphatic carbocycles. The van der Waals surface area contributed by atoms with E-state index in [2.05, 4.69) is 39.7 Å². The van der Waals surface area contributed by atoms with Gasteiger partial charge in [0.15, 0.2) is 5.11 Å². The molecule has 0 amide bonds. The predicted molar refractivity (Wildman–Crippen MR) is 111 cm³/mol. The number of methoxy groups -OCH3 is 1. The molecule has 2 fully saturated rings. The second-order valence-corrected chi connectivity index (χ2v) is 7.96. The number of aromatic nitrogens is 2. The Labute approximate surface area is 170 Å². The number of carbonyl (C=O) groups is 1. The normalized spacial score (nSPS) is 21.7. The third-order valence-corrected chi connectivity index (χ3v) is 6.09. The van der Waals surface area contributed by atoms with Crippen molar-refractivity contribution in [3.8, 4) is 0 Å². The number of carbonyl (C=O) groups excluding carboxylic acids is 1. The Kier molecular flexibility index (Phi) is 5.10. The van der Waals surface area contributed by atoms with Crippen molar-refractivity contribution < 1.29 is 9.53 Å². The molecule has 148 valence electrons. The molecule has 6 nitrogen and oxygen atoms in total. The van der Waals surface area contributed by atoms with Crippen LogP contribution in [0, 0.1) is 13.8 Å². The summed E-state index contributed by atoms with van der Waals surface area (Å²) in [4.78, 5) is 18.5. The van der Waals surface area contributed by atoms with Crippen LogP contribution >= 0.6 is 12.2 Å². The molecule has 1 N–H and O–H groups in total. The summed E-state index contributed by atoms with van der Waals surface area (Å²) in [6.07, 6.45) is 4.59. The van der Waals surface area contributed by atoms with E-state index in [9.17, 15) is 4.79 Å². The summed E-state index contributed by atoms with van der Waals surface area (Å²) in [7, 11) is 1.42. The minimum absolute atomic E-state index is 0.00856. The monoisotopic (exact) mass is 398 g/mol. The van der Waals surface area contributed by atoms with E-state index in [4.69, 9.17) is 17.0 Å². The van der Waals surface area contributed by atoms with Crippen molar-refractivity contribution in [1.29, 1.82) is 0 Å². The first-order chi connectivity index (χ1) is 13.5. The fourth-order valence-electron chi connectivity index (χ4n) is 4.30. The summed E-state index contributed by atoms with van der Waals surface area (Å²) in [5.41, 5.74) is 4.75. The first kappa shape index (κ1) is 18.9. The lowest BCUT2D eigenvalue weighted by Crippen LogP contribution is -2.32. The van der Waals surface area contributed by atoms with Crippen LogP contribution in [0.3, 0.4) is 0 Å². The van der Waals surface area contributed by atoms with Crippen molar-refractivity contribution >= 4 is 23.3 Å². The van der Waals surface area contributed by atoms with Crippen LogP contribution in [0.25, 0.3) is 0 Å². The number of nitrogens with zero attached hydrogens (tertiary/aromatic N) is 3. The maximum Gasteiger partial charge on any atom is 0.307 e. The van der Waals surface area contributed by atoms with Crippen LogP contribution in [0.15, 0.2) is 30.5 Å². The summed E-state index contributed by atoms with van der Waals surface area (Å²) in [5.74, 6) is -0.230. The molecule has 0 spiro atoms. The van der Waals surface area contributed by atoms with Crippen LogP contribution in [0.4, 0.5) is 0 Å². The topological polar surface area (TPSA) is 59.4 Å². The molecule has 4 rings (SSSR count). The van der Waals surface area contributed by atoms with Gasteiger partial charge in [0.2, 0.25) is 0 Å². The highest BCUT2D eigenvalue weighted by atomic mass is 32.1. The van der Waals surface area contributed by atoms with Crippen molar-refractivity contribution in [3.05, 3.63) is 53.1 Å². The fraction of sp³-hybridized carbons (Fsp3) is 0.476. The van der Waals surface area contributed by atoms with E-state index in [-0.39, 0.29) is 18.1 Å². The minimum Gasteiger partial charge on any atom is -0.469 e. The van der Waals surface area contributed by atoms with Gasteiger partial charge < -0.3 is 19.5 Å². The van der Waals surface area contributed by atoms with Crippen LogP contribution in [-0.4, -0.2) is 39.2 Å². The molecular weight excluding hydrogens is 372 g/mol. The van der Waals surface area contributed by atoms with Crippen LogP contribution in [-0.2, 0) is 9.53 Å². The number of hydrogen-bond donors (Lipinski definition) is 1. The molecule has 1 aliphatic heterocycles. The van der Waals surface area contributed by atoms with Gasteiger partial charge in [-0.05, 0) is 62.7 Å². The molecule has 7 heteroatoms. The van der Waals surface area contributed by atoms with Gasteiger partial charge in [-0.25, -0.2) is 0 Å². The molecule has 2 aromatic heterocycles. The van der Waals surface area contributed by atoms with Gasteiger partial charge in [0.25, 0.3) is 0 Å². The van der Waals surface area contributed by atoms with Crippen molar-refractivity contribution in [2.24, 2.45) is 0 Å². The Morgan fingerprint density at radius 1 is 1.36 bits per heavy atom. The minimum atomic E-state index is -0.230. The van der Waals surface area contributed by atoms with Crippen LogP contribution in [0.2, 0.25) is 0 Å². The molecule has 0 unspecified atom stereocenters. The highest BCUT2D eigenvalue weighted by molar-refractivity contribution is 7.80. The number of nitrogens with one attached hydrogen (secondary N) is 1. The summed E-state index contributed by atoms with van der Waals surface area (Å²) >= 11 is 5.66. The SMILES string of the molecule is COC(=O)CCN1C(=S)N[C@@H](c2ccccn2)[C@H]1c1cc(C)n(C2CC2)c1C. The van der Waals surface area contributed by atoms with E-state index >= 15 is 0 Å². The Balaban J connectivity index is 1.73. The smallest absolute Gasteiger partial charge is 0.307 e. The van der Waals surface area contributed by atoms with Gasteiger partial charge >= 0.3 is 5.97 Å². The average Bonchev–Trinajstić information content (AvgIpc) is 3.41. The third kappa shape index (κ3) is 3.39.